The minimum Gasteiger partial charge on any atom is -0.310 e. The third-order valence-corrected chi connectivity index (χ3v) is 6.58. The number of rotatable bonds is 1. The predicted molar refractivity (Wildman–Crippen MR) is 117 cm³/mol. The fourth-order valence-corrected chi connectivity index (χ4v) is 5.34. The van der Waals surface area contributed by atoms with Crippen molar-refractivity contribution in [2.24, 2.45) is 0 Å². The average molecular weight is 363 g/mol. The van der Waals surface area contributed by atoms with Crippen LogP contribution in [-0.4, -0.2) is 0 Å². The van der Waals surface area contributed by atoms with E-state index >= 15 is 0 Å². The number of benzene rings is 4. The Balaban J connectivity index is 1.67. The molecule has 0 saturated carbocycles. The fraction of sp³-hybridized carbons (Fsp3) is 0.0400. The number of thiophene rings is 1. The summed E-state index contributed by atoms with van der Waals surface area (Å²) in [6.45, 7) is 0. The molecule has 4 aromatic carbocycles. The molecule has 6 rings (SSSR count). The molecule has 2 heteroatoms. The Hall–Kier alpha value is -3.10. The lowest BCUT2D eigenvalue weighted by Gasteiger charge is -2.33. The van der Waals surface area contributed by atoms with Gasteiger partial charge < -0.3 is 4.90 Å². The van der Waals surface area contributed by atoms with Gasteiger partial charge in [-0.1, -0.05) is 54.6 Å². The maximum absolute atomic E-state index is 2.41. The van der Waals surface area contributed by atoms with Crippen LogP contribution in [-0.2, 0) is 6.42 Å². The highest BCUT2D eigenvalue weighted by atomic mass is 32.1. The second-order valence-corrected chi connectivity index (χ2v) is 8.14. The van der Waals surface area contributed by atoms with Gasteiger partial charge in [0, 0.05) is 38.0 Å². The summed E-state index contributed by atoms with van der Waals surface area (Å²) in [4.78, 5) is 2.41. The highest BCUT2D eigenvalue weighted by Gasteiger charge is 2.24. The average Bonchev–Trinajstić information content (AvgIpc) is 3.08. The smallest absolute Gasteiger partial charge is 0.0511 e. The fourth-order valence-electron chi connectivity index (χ4n) is 4.22. The van der Waals surface area contributed by atoms with Gasteiger partial charge in [0.25, 0.3) is 0 Å². The molecule has 0 amide bonds. The van der Waals surface area contributed by atoms with Crippen molar-refractivity contribution in [3.05, 3.63) is 102 Å². The van der Waals surface area contributed by atoms with Gasteiger partial charge in [-0.05, 0) is 47.5 Å². The SMILES string of the molecule is c1ccc(N2c3ccccc3Cc3cc4c(cc32)sc2ccccc24)cc1. The van der Waals surface area contributed by atoms with E-state index in [4.69, 9.17) is 0 Å². The predicted octanol–water partition coefficient (Wildman–Crippen LogP) is 7.43. The lowest BCUT2D eigenvalue weighted by Crippen LogP contribution is -2.18. The molecule has 5 aromatic rings. The van der Waals surface area contributed by atoms with E-state index in [1.165, 1.54) is 48.4 Å². The largest absolute Gasteiger partial charge is 0.310 e. The molecule has 1 aromatic heterocycles. The molecule has 0 bridgehead atoms. The van der Waals surface area contributed by atoms with E-state index in [0.717, 1.165) is 6.42 Å². The molecule has 1 aliphatic heterocycles. The van der Waals surface area contributed by atoms with Crippen molar-refractivity contribution in [2.45, 2.75) is 6.42 Å². The summed E-state index contributed by atoms with van der Waals surface area (Å²) in [5, 5.41) is 2.74. The second kappa shape index (κ2) is 5.70. The third kappa shape index (κ3) is 2.23. The van der Waals surface area contributed by atoms with Crippen molar-refractivity contribution in [3.8, 4) is 0 Å². The van der Waals surface area contributed by atoms with Crippen molar-refractivity contribution in [1.82, 2.24) is 0 Å². The summed E-state index contributed by atoms with van der Waals surface area (Å²) in [7, 11) is 0. The van der Waals surface area contributed by atoms with Gasteiger partial charge in [0.05, 0.1) is 5.69 Å². The molecule has 0 spiro atoms. The lowest BCUT2D eigenvalue weighted by atomic mass is 9.93. The molecule has 1 nitrogen and oxygen atoms in total. The molecule has 2 heterocycles. The van der Waals surface area contributed by atoms with E-state index in [1.807, 2.05) is 11.3 Å². The first-order valence-corrected chi connectivity index (χ1v) is 10.1. The Morgan fingerprint density at radius 1 is 0.593 bits per heavy atom. The van der Waals surface area contributed by atoms with Crippen molar-refractivity contribution in [2.75, 3.05) is 4.90 Å². The first kappa shape index (κ1) is 15.0. The van der Waals surface area contributed by atoms with Gasteiger partial charge in [-0.15, -0.1) is 11.3 Å². The first-order valence-electron chi connectivity index (χ1n) is 9.26. The standard InChI is InChI=1S/C25H17NS/c1-2-9-19(10-3-1)26-22-12-6-4-8-17(22)14-18-15-21-20-11-5-7-13-24(20)27-25(21)16-23(18)26/h1-13,15-16H,14H2. The van der Waals surface area contributed by atoms with Crippen LogP contribution in [0.2, 0.25) is 0 Å². The highest BCUT2D eigenvalue weighted by Crippen LogP contribution is 2.47. The lowest BCUT2D eigenvalue weighted by molar-refractivity contribution is 1.09. The van der Waals surface area contributed by atoms with E-state index in [9.17, 15) is 0 Å². The van der Waals surface area contributed by atoms with Crippen LogP contribution in [0.1, 0.15) is 11.1 Å². The van der Waals surface area contributed by atoms with Crippen LogP contribution >= 0.6 is 11.3 Å². The minimum absolute atomic E-state index is 0.981. The zero-order chi connectivity index (χ0) is 17.8. The Morgan fingerprint density at radius 3 is 2.30 bits per heavy atom. The third-order valence-electron chi connectivity index (χ3n) is 5.45. The molecule has 0 fully saturated rings. The topological polar surface area (TPSA) is 3.24 Å². The Bertz CT molecular complexity index is 1300. The van der Waals surface area contributed by atoms with Gasteiger partial charge in [0.15, 0.2) is 0 Å². The van der Waals surface area contributed by atoms with E-state index in [2.05, 4.69) is 95.9 Å². The number of hydrogen-bond donors (Lipinski definition) is 0. The van der Waals surface area contributed by atoms with Crippen LogP contribution in [0.4, 0.5) is 17.1 Å². The zero-order valence-electron chi connectivity index (χ0n) is 14.7. The molecule has 0 N–H and O–H groups in total. The summed E-state index contributed by atoms with van der Waals surface area (Å²) in [5.41, 5.74) is 6.59. The maximum atomic E-state index is 2.41. The van der Waals surface area contributed by atoms with Crippen molar-refractivity contribution < 1.29 is 0 Å². The van der Waals surface area contributed by atoms with Crippen LogP contribution in [0, 0.1) is 0 Å². The molecule has 0 atom stereocenters. The van der Waals surface area contributed by atoms with Gasteiger partial charge in [-0.25, -0.2) is 0 Å². The van der Waals surface area contributed by atoms with Crippen LogP contribution in [0.15, 0.2) is 91.0 Å². The summed E-state index contributed by atoms with van der Waals surface area (Å²) in [6, 6.07) is 33.0. The first-order chi connectivity index (χ1) is 13.4. The van der Waals surface area contributed by atoms with Crippen LogP contribution in [0.25, 0.3) is 20.2 Å². The molecule has 0 radical (unpaired) electrons. The molecule has 1 aliphatic rings. The van der Waals surface area contributed by atoms with Gasteiger partial charge in [0.1, 0.15) is 0 Å². The van der Waals surface area contributed by atoms with Gasteiger partial charge >= 0.3 is 0 Å². The molecular formula is C25H17NS. The summed E-state index contributed by atoms with van der Waals surface area (Å²) >= 11 is 1.89. The molecule has 27 heavy (non-hydrogen) atoms. The van der Waals surface area contributed by atoms with E-state index in [1.54, 1.807) is 0 Å². The Morgan fingerprint density at radius 2 is 1.37 bits per heavy atom. The van der Waals surface area contributed by atoms with Crippen LogP contribution in [0.5, 0.6) is 0 Å². The molecule has 0 saturated heterocycles. The minimum atomic E-state index is 0.981. The Kier molecular flexibility index (Phi) is 3.17. The Labute approximate surface area is 162 Å². The number of anilines is 3. The van der Waals surface area contributed by atoms with Gasteiger partial charge in [0.2, 0.25) is 0 Å². The van der Waals surface area contributed by atoms with E-state index in [0.29, 0.717) is 0 Å². The van der Waals surface area contributed by atoms with Crippen molar-refractivity contribution >= 4 is 48.6 Å². The second-order valence-electron chi connectivity index (χ2n) is 7.05. The van der Waals surface area contributed by atoms with Crippen molar-refractivity contribution in [3.63, 3.8) is 0 Å². The summed E-state index contributed by atoms with van der Waals surface area (Å²) in [5.74, 6) is 0. The van der Waals surface area contributed by atoms with Crippen molar-refractivity contribution in [1.29, 1.82) is 0 Å². The van der Waals surface area contributed by atoms with Gasteiger partial charge in [-0.3, -0.25) is 0 Å². The molecule has 0 unspecified atom stereocenters. The molecule has 128 valence electrons. The zero-order valence-corrected chi connectivity index (χ0v) is 15.5. The highest BCUT2D eigenvalue weighted by molar-refractivity contribution is 7.25. The monoisotopic (exact) mass is 363 g/mol. The van der Waals surface area contributed by atoms with E-state index in [-0.39, 0.29) is 0 Å². The number of nitrogens with zero attached hydrogens (tertiary/aromatic N) is 1. The number of para-hydroxylation sites is 2. The summed E-state index contributed by atoms with van der Waals surface area (Å²) < 4.78 is 2.72. The normalized spacial score (nSPS) is 13.0. The molecule has 0 aliphatic carbocycles. The summed E-state index contributed by atoms with van der Waals surface area (Å²) in [6.07, 6.45) is 0.981. The quantitative estimate of drug-likeness (QED) is 0.293. The van der Waals surface area contributed by atoms with E-state index < -0.39 is 0 Å². The number of hydrogen-bond acceptors (Lipinski definition) is 2. The maximum Gasteiger partial charge on any atom is 0.0511 e. The molecular weight excluding hydrogens is 346 g/mol. The number of fused-ring (bicyclic) bond motifs is 5. The van der Waals surface area contributed by atoms with Crippen LogP contribution in [0.3, 0.4) is 0 Å². The van der Waals surface area contributed by atoms with Gasteiger partial charge in [-0.2, -0.15) is 0 Å². The van der Waals surface area contributed by atoms with Crippen LogP contribution < -0.4 is 4.90 Å².